The van der Waals surface area contributed by atoms with E-state index in [1.807, 2.05) is 0 Å². The van der Waals surface area contributed by atoms with E-state index in [0.717, 1.165) is 128 Å². The molecule has 0 fully saturated rings. The smallest absolute Gasteiger partial charge is 0.306 e. The molecule has 0 aromatic carbocycles. The second kappa shape index (κ2) is 64.3. The monoisotopic (exact) mass is 1070 g/mol. The van der Waals surface area contributed by atoms with Crippen LogP contribution in [-0.4, -0.2) is 37.2 Å². The molecular weight excluding hydrogens is 949 g/mol. The van der Waals surface area contributed by atoms with Gasteiger partial charge >= 0.3 is 17.9 Å². The minimum absolute atomic E-state index is 0.0909. The number of hydrogen-bond donors (Lipinski definition) is 0. The normalized spacial score (nSPS) is 12.9. The second-order valence-corrected chi connectivity index (χ2v) is 20.9. The molecule has 1 atom stereocenters. The molecule has 438 valence electrons. The van der Waals surface area contributed by atoms with Crippen LogP contribution in [0.1, 0.15) is 290 Å². The second-order valence-electron chi connectivity index (χ2n) is 20.9. The van der Waals surface area contributed by atoms with E-state index in [4.69, 9.17) is 14.2 Å². The average molecular weight is 1070 g/mol. The third-order valence-electron chi connectivity index (χ3n) is 13.5. The molecule has 1 unspecified atom stereocenters. The van der Waals surface area contributed by atoms with Crippen LogP contribution in [-0.2, 0) is 28.6 Å². The minimum atomic E-state index is -0.797. The van der Waals surface area contributed by atoms with Gasteiger partial charge in [0.2, 0.25) is 0 Å². The van der Waals surface area contributed by atoms with Crippen molar-refractivity contribution in [2.75, 3.05) is 13.2 Å². The molecule has 0 aliphatic heterocycles. The number of allylic oxidation sites excluding steroid dienone is 20. The molecule has 0 spiro atoms. The zero-order valence-electron chi connectivity index (χ0n) is 50.2. The summed E-state index contributed by atoms with van der Waals surface area (Å²) in [6.07, 6.45) is 89.2. The van der Waals surface area contributed by atoms with Crippen molar-refractivity contribution in [2.24, 2.45) is 0 Å². The van der Waals surface area contributed by atoms with E-state index >= 15 is 0 Å². The lowest BCUT2D eigenvalue weighted by atomic mass is 10.0. The maximum atomic E-state index is 12.9. The summed E-state index contributed by atoms with van der Waals surface area (Å²) < 4.78 is 16.9. The van der Waals surface area contributed by atoms with Crippen LogP contribution in [0.25, 0.3) is 0 Å². The van der Waals surface area contributed by atoms with Gasteiger partial charge in [0.25, 0.3) is 0 Å². The molecule has 0 radical (unpaired) electrons. The van der Waals surface area contributed by atoms with E-state index in [1.54, 1.807) is 0 Å². The Bertz CT molecular complexity index is 1600. The first-order chi connectivity index (χ1) is 38.0. The van der Waals surface area contributed by atoms with E-state index in [0.29, 0.717) is 12.8 Å². The van der Waals surface area contributed by atoms with Gasteiger partial charge in [0.1, 0.15) is 13.2 Å². The molecular formula is C71H118O6. The number of esters is 3. The molecule has 0 aromatic heterocycles. The Labute approximate surface area is 475 Å². The molecule has 0 rings (SSSR count). The Morgan fingerprint density at radius 3 is 0.805 bits per heavy atom. The van der Waals surface area contributed by atoms with Crippen molar-refractivity contribution in [3.8, 4) is 0 Å². The summed E-state index contributed by atoms with van der Waals surface area (Å²) in [7, 11) is 0. The van der Waals surface area contributed by atoms with E-state index in [2.05, 4.69) is 142 Å². The van der Waals surface area contributed by atoms with Crippen LogP contribution in [0.5, 0.6) is 0 Å². The van der Waals surface area contributed by atoms with Gasteiger partial charge in [-0.2, -0.15) is 0 Å². The van der Waals surface area contributed by atoms with Gasteiger partial charge in [0, 0.05) is 19.3 Å². The van der Waals surface area contributed by atoms with Crippen LogP contribution in [0.2, 0.25) is 0 Å². The number of carbonyl (C=O) groups is 3. The van der Waals surface area contributed by atoms with Gasteiger partial charge in [-0.15, -0.1) is 0 Å². The first kappa shape index (κ1) is 72.8. The number of unbranched alkanes of at least 4 members (excludes halogenated alkanes) is 26. The van der Waals surface area contributed by atoms with Gasteiger partial charge in [0.05, 0.1) is 0 Å². The summed E-state index contributed by atoms with van der Waals surface area (Å²) in [5, 5.41) is 0. The summed E-state index contributed by atoms with van der Waals surface area (Å²) in [6, 6.07) is 0. The average Bonchev–Trinajstić information content (AvgIpc) is 3.43. The van der Waals surface area contributed by atoms with Gasteiger partial charge in [-0.05, 0) is 109 Å². The van der Waals surface area contributed by atoms with E-state index < -0.39 is 6.10 Å². The molecule has 0 saturated carbocycles. The molecule has 6 heteroatoms. The summed E-state index contributed by atoms with van der Waals surface area (Å²) in [6.45, 7) is 6.39. The molecule has 0 aromatic rings. The summed E-state index contributed by atoms with van der Waals surface area (Å²) in [5.74, 6) is -0.920. The van der Waals surface area contributed by atoms with Crippen LogP contribution in [0.15, 0.2) is 122 Å². The van der Waals surface area contributed by atoms with E-state index in [9.17, 15) is 14.4 Å². The number of rotatable bonds is 57. The SMILES string of the molecule is CC/C=C\C/C=C\C/C=C\C/C=C\C/C=C\CCCCCCCCCCCCCCCC(=O)OCC(COC(=O)CCCCCCCCCCCCC)OC(=O)CCCCC/C=C\C/C=C\C/C=C\C/C=C\C/C=C\CC. The molecule has 0 N–H and O–H groups in total. The lowest BCUT2D eigenvalue weighted by molar-refractivity contribution is -0.167. The van der Waals surface area contributed by atoms with Gasteiger partial charge < -0.3 is 14.2 Å². The van der Waals surface area contributed by atoms with Crippen molar-refractivity contribution in [1.29, 1.82) is 0 Å². The highest BCUT2D eigenvalue weighted by atomic mass is 16.6. The molecule has 77 heavy (non-hydrogen) atoms. The van der Waals surface area contributed by atoms with Gasteiger partial charge in [-0.1, -0.05) is 284 Å². The predicted octanol–water partition coefficient (Wildman–Crippen LogP) is 22.0. The Kier molecular flexibility index (Phi) is 60.8. The molecule has 6 nitrogen and oxygen atoms in total. The van der Waals surface area contributed by atoms with E-state index in [1.165, 1.54) is 122 Å². The van der Waals surface area contributed by atoms with Crippen molar-refractivity contribution in [2.45, 2.75) is 297 Å². The van der Waals surface area contributed by atoms with Gasteiger partial charge in [0.15, 0.2) is 6.10 Å². The minimum Gasteiger partial charge on any atom is -0.462 e. The van der Waals surface area contributed by atoms with E-state index in [-0.39, 0.29) is 37.5 Å². The highest BCUT2D eigenvalue weighted by molar-refractivity contribution is 5.71. The van der Waals surface area contributed by atoms with Crippen molar-refractivity contribution < 1.29 is 28.6 Å². The van der Waals surface area contributed by atoms with Gasteiger partial charge in [-0.3, -0.25) is 14.4 Å². The highest BCUT2D eigenvalue weighted by Gasteiger charge is 2.19. The molecule has 0 aliphatic carbocycles. The molecule has 0 amide bonds. The fraction of sp³-hybridized carbons (Fsp3) is 0.676. The Balaban J connectivity index is 4.28. The zero-order valence-corrected chi connectivity index (χ0v) is 50.2. The Morgan fingerprint density at radius 2 is 0.506 bits per heavy atom. The predicted molar refractivity (Wildman–Crippen MR) is 334 cm³/mol. The van der Waals surface area contributed by atoms with Crippen LogP contribution < -0.4 is 0 Å². The first-order valence-electron chi connectivity index (χ1n) is 32.0. The first-order valence-corrected chi connectivity index (χ1v) is 32.0. The lowest BCUT2D eigenvalue weighted by Gasteiger charge is -2.18. The lowest BCUT2D eigenvalue weighted by Crippen LogP contribution is -2.30. The van der Waals surface area contributed by atoms with Crippen molar-refractivity contribution in [1.82, 2.24) is 0 Å². The van der Waals surface area contributed by atoms with Crippen LogP contribution in [0.4, 0.5) is 0 Å². The number of ether oxygens (including phenoxy) is 3. The maximum absolute atomic E-state index is 12.9. The molecule has 0 saturated heterocycles. The van der Waals surface area contributed by atoms with Crippen molar-refractivity contribution in [3.63, 3.8) is 0 Å². The topological polar surface area (TPSA) is 78.9 Å². The largest absolute Gasteiger partial charge is 0.462 e. The fourth-order valence-corrected chi connectivity index (χ4v) is 8.73. The summed E-state index contributed by atoms with van der Waals surface area (Å²) in [4.78, 5) is 38.2. The van der Waals surface area contributed by atoms with Crippen LogP contribution >= 0.6 is 0 Å². The van der Waals surface area contributed by atoms with Crippen molar-refractivity contribution in [3.05, 3.63) is 122 Å². The third-order valence-corrected chi connectivity index (χ3v) is 13.5. The van der Waals surface area contributed by atoms with Gasteiger partial charge in [-0.25, -0.2) is 0 Å². The summed E-state index contributed by atoms with van der Waals surface area (Å²) >= 11 is 0. The molecule has 0 bridgehead atoms. The highest BCUT2D eigenvalue weighted by Crippen LogP contribution is 2.16. The standard InChI is InChI=1S/C71H118O6/c1-4-7-10-13-16-19-22-24-26-28-30-31-32-33-34-35-36-37-38-39-41-42-44-46-49-52-55-58-61-64-70(73)76-67-68(66-75-69(72)63-60-57-54-51-48-21-18-15-12-9-6-3)77-71(74)65-62-59-56-53-50-47-45-43-40-29-27-25-23-20-17-14-11-8-5-2/h7-8,10-11,16-17,19-20,24-27,30-31,33-34,40,43,47,50,68H,4-6,9,12-15,18,21-23,28-29,32,35-39,41-42,44-46,48-49,51-67H2,1-3H3/b10-7-,11-8-,19-16-,20-17-,26-24-,27-25-,31-30-,34-33-,43-40-,50-47-. The number of carbonyl (C=O) groups excluding carboxylic acids is 3. The Morgan fingerprint density at radius 1 is 0.273 bits per heavy atom. The Hall–Kier alpha value is -4.19. The van der Waals surface area contributed by atoms with Crippen LogP contribution in [0, 0.1) is 0 Å². The van der Waals surface area contributed by atoms with Crippen LogP contribution in [0.3, 0.4) is 0 Å². The summed E-state index contributed by atoms with van der Waals surface area (Å²) in [5.41, 5.74) is 0. The number of hydrogen-bond acceptors (Lipinski definition) is 6. The molecule has 0 aliphatic rings. The fourth-order valence-electron chi connectivity index (χ4n) is 8.73. The third kappa shape index (κ3) is 62.5. The quantitative estimate of drug-likeness (QED) is 0.0261. The van der Waals surface area contributed by atoms with Crippen molar-refractivity contribution >= 4 is 17.9 Å². The molecule has 0 heterocycles. The maximum Gasteiger partial charge on any atom is 0.306 e. The zero-order chi connectivity index (χ0) is 55.7.